The molecule has 1 aromatic carbocycles. The van der Waals surface area contributed by atoms with Crippen molar-refractivity contribution in [2.45, 2.75) is 25.8 Å². The fourth-order valence-electron chi connectivity index (χ4n) is 4.09. The van der Waals surface area contributed by atoms with E-state index >= 15 is 0 Å². The zero-order chi connectivity index (χ0) is 18.5. The van der Waals surface area contributed by atoms with Gasteiger partial charge in [-0.2, -0.15) is 0 Å². The van der Waals surface area contributed by atoms with E-state index in [-0.39, 0.29) is 5.91 Å². The number of amides is 1. The Labute approximate surface area is 161 Å². The van der Waals surface area contributed by atoms with Gasteiger partial charge in [0.15, 0.2) is 0 Å². The zero-order valence-corrected chi connectivity index (χ0v) is 15.9. The maximum atomic E-state index is 13.2. The second-order valence-electron chi connectivity index (χ2n) is 7.48. The van der Waals surface area contributed by atoms with Crippen molar-refractivity contribution in [1.82, 2.24) is 14.8 Å². The second kappa shape index (κ2) is 8.53. The van der Waals surface area contributed by atoms with Crippen LogP contribution in [-0.4, -0.2) is 60.0 Å². The highest BCUT2D eigenvalue weighted by atomic mass is 16.2. The third-order valence-electron chi connectivity index (χ3n) is 5.55. The molecule has 1 amide bonds. The second-order valence-corrected chi connectivity index (χ2v) is 7.48. The molecule has 2 saturated heterocycles. The van der Waals surface area contributed by atoms with Crippen LogP contribution >= 0.6 is 0 Å². The van der Waals surface area contributed by atoms with Gasteiger partial charge in [-0.3, -0.25) is 9.69 Å². The number of carbonyl (C=O) groups excluding carboxylic acids is 1. The number of aromatic nitrogens is 1. The highest BCUT2D eigenvalue weighted by Crippen LogP contribution is 2.23. The first-order valence-corrected chi connectivity index (χ1v) is 10.1. The predicted octanol–water partition coefficient (Wildman–Crippen LogP) is 3.03. The molecule has 0 aliphatic carbocycles. The SMILES string of the molecule is O=C(c1cccnc1N1CCCC1)N1CCCN(Cc2ccccc2)CC1. The summed E-state index contributed by atoms with van der Waals surface area (Å²) >= 11 is 0. The van der Waals surface area contributed by atoms with Gasteiger partial charge in [-0.15, -0.1) is 0 Å². The zero-order valence-electron chi connectivity index (χ0n) is 15.9. The molecule has 0 bridgehead atoms. The molecule has 2 aliphatic heterocycles. The Morgan fingerprint density at radius 3 is 2.48 bits per heavy atom. The van der Waals surface area contributed by atoms with Crippen molar-refractivity contribution >= 4 is 11.7 Å². The summed E-state index contributed by atoms with van der Waals surface area (Å²) in [6, 6.07) is 14.4. The smallest absolute Gasteiger partial charge is 0.257 e. The summed E-state index contributed by atoms with van der Waals surface area (Å²) in [5, 5.41) is 0. The molecule has 5 nitrogen and oxygen atoms in total. The first-order valence-electron chi connectivity index (χ1n) is 10.1. The minimum atomic E-state index is 0.131. The first kappa shape index (κ1) is 18.0. The lowest BCUT2D eigenvalue weighted by Crippen LogP contribution is -2.36. The lowest BCUT2D eigenvalue weighted by molar-refractivity contribution is 0.0761. The van der Waals surface area contributed by atoms with Crippen molar-refractivity contribution in [2.24, 2.45) is 0 Å². The van der Waals surface area contributed by atoms with Crippen molar-refractivity contribution < 1.29 is 4.79 Å². The molecular formula is C22H28N4O. The van der Waals surface area contributed by atoms with E-state index in [2.05, 4.69) is 45.1 Å². The normalized spacial score (nSPS) is 18.5. The van der Waals surface area contributed by atoms with Crippen LogP contribution in [0.4, 0.5) is 5.82 Å². The summed E-state index contributed by atoms with van der Waals surface area (Å²) < 4.78 is 0. The van der Waals surface area contributed by atoms with Gasteiger partial charge in [0, 0.05) is 52.0 Å². The number of carbonyl (C=O) groups is 1. The summed E-state index contributed by atoms with van der Waals surface area (Å²) in [4.78, 5) is 24.5. The monoisotopic (exact) mass is 364 g/mol. The highest BCUT2D eigenvalue weighted by Gasteiger charge is 2.25. The predicted molar refractivity (Wildman–Crippen MR) is 108 cm³/mol. The number of anilines is 1. The van der Waals surface area contributed by atoms with Crippen molar-refractivity contribution in [2.75, 3.05) is 44.2 Å². The maximum absolute atomic E-state index is 13.2. The van der Waals surface area contributed by atoms with Gasteiger partial charge in [0.05, 0.1) is 5.56 Å². The summed E-state index contributed by atoms with van der Waals surface area (Å²) in [6.07, 6.45) is 5.18. The fourth-order valence-corrected chi connectivity index (χ4v) is 4.09. The standard InChI is InChI=1S/C22H28N4O/c27-22(20-10-6-11-23-21(20)25-13-4-5-14-25)26-15-7-12-24(16-17-26)18-19-8-2-1-3-9-19/h1-3,6,8-11H,4-5,7,12-18H2. The number of pyridine rings is 1. The Morgan fingerprint density at radius 2 is 1.67 bits per heavy atom. The fraction of sp³-hybridized carbons (Fsp3) is 0.455. The van der Waals surface area contributed by atoms with Gasteiger partial charge in [-0.25, -0.2) is 4.98 Å². The number of nitrogens with zero attached hydrogens (tertiary/aromatic N) is 4. The van der Waals surface area contributed by atoms with E-state index in [1.54, 1.807) is 6.20 Å². The Morgan fingerprint density at radius 1 is 0.852 bits per heavy atom. The van der Waals surface area contributed by atoms with Crippen LogP contribution in [-0.2, 0) is 6.54 Å². The lowest BCUT2D eigenvalue weighted by Gasteiger charge is -2.25. The Balaban J connectivity index is 1.43. The van der Waals surface area contributed by atoms with Crippen LogP contribution in [0.25, 0.3) is 0 Å². The van der Waals surface area contributed by atoms with Crippen LogP contribution in [0.3, 0.4) is 0 Å². The molecule has 3 heterocycles. The lowest BCUT2D eigenvalue weighted by atomic mass is 10.2. The van der Waals surface area contributed by atoms with E-state index in [4.69, 9.17) is 0 Å². The molecule has 5 heteroatoms. The van der Waals surface area contributed by atoms with Crippen molar-refractivity contribution in [3.05, 3.63) is 59.8 Å². The van der Waals surface area contributed by atoms with Gasteiger partial charge in [-0.05, 0) is 37.0 Å². The van der Waals surface area contributed by atoms with Crippen molar-refractivity contribution in [3.8, 4) is 0 Å². The van der Waals surface area contributed by atoms with Gasteiger partial charge in [-0.1, -0.05) is 30.3 Å². The van der Waals surface area contributed by atoms with Gasteiger partial charge in [0.25, 0.3) is 5.91 Å². The van der Waals surface area contributed by atoms with Gasteiger partial charge >= 0.3 is 0 Å². The van der Waals surface area contributed by atoms with Crippen molar-refractivity contribution in [3.63, 3.8) is 0 Å². The first-order chi connectivity index (χ1) is 13.3. The van der Waals surface area contributed by atoms with E-state index in [9.17, 15) is 4.79 Å². The van der Waals surface area contributed by atoms with E-state index < -0.39 is 0 Å². The highest BCUT2D eigenvalue weighted by molar-refractivity contribution is 5.99. The molecule has 1 aromatic heterocycles. The Kier molecular flexibility index (Phi) is 5.68. The quantitative estimate of drug-likeness (QED) is 0.836. The van der Waals surface area contributed by atoms with E-state index in [1.165, 1.54) is 18.4 Å². The van der Waals surface area contributed by atoms with Crippen LogP contribution < -0.4 is 4.90 Å². The summed E-state index contributed by atoms with van der Waals surface area (Å²) in [7, 11) is 0. The summed E-state index contributed by atoms with van der Waals surface area (Å²) in [5.74, 6) is 0.997. The van der Waals surface area contributed by atoms with Gasteiger partial charge in [0.2, 0.25) is 0 Å². The van der Waals surface area contributed by atoms with Crippen LogP contribution in [0.5, 0.6) is 0 Å². The maximum Gasteiger partial charge on any atom is 0.257 e. The minimum absolute atomic E-state index is 0.131. The molecule has 0 atom stereocenters. The molecule has 27 heavy (non-hydrogen) atoms. The van der Waals surface area contributed by atoms with E-state index in [0.29, 0.717) is 0 Å². The molecule has 4 rings (SSSR count). The number of benzene rings is 1. The molecule has 0 N–H and O–H groups in total. The van der Waals surface area contributed by atoms with Gasteiger partial charge < -0.3 is 9.80 Å². The Hall–Kier alpha value is -2.40. The number of hydrogen-bond acceptors (Lipinski definition) is 4. The molecule has 2 aliphatic rings. The Bertz CT molecular complexity index is 758. The molecule has 0 spiro atoms. The molecule has 2 aromatic rings. The molecule has 0 unspecified atom stereocenters. The topological polar surface area (TPSA) is 39.7 Å². The molecule has 0 radical (unpaired) electrons. The average molecular weight is 364 g/mol. The molecular weight excluding hydrogens is 336 g/mol. The molecule has 2 fully saturated rings. The van der Waals surface area contributed by atoms with Gasteiger partial charge in [0.1, 0.15) is 5.82 Å². The molecule has 0 saturated carbocycles. The molecule has 142 valence electrons. The largest absolute Gasteiger partial charge is 0.356 e. The third kappa shape index (κ3) is 4.30. The van der Waals surface area contributed by atoms with Crippen molar-refractivity contribution in [1.29, 1.82) is 0 Å². The summed E-state index contributed by atoms with van der Waals surface area (Å²) in [6.45, 7) is 6.50. The van der Waals surface area contributed by atoms with Crippen LogP contribution in [0.1, 0.15) is 35.2 Å². The van der Waals surface area contributed by atoms with Crippen LogP contribution in [0.2, 0.25) is 0 Å². The van der Waals surface area contributed by atoms with E-state index in [0.717, 1.165) is 63.6 Å². The van der Waals surface area contributed by atoms with Crippen LogP contribution in [0, 0.1) is 0 Å². The minimum Gasteiger partial charge on any atom is -0.356 e. The number of rotatable bonds is 4. The number of hydrogen-bond donors (Lipinski definition) is 0. The van der Waals surface area contributed by atoms with Crippen LogP contribution in [0.15, 0.2) is 48.7 Å². The summed E-state index contributed by atoms with van der Waals surface area (Å²) in [5.41, 5.74) is 2.09. The average Bonchev–Trinajstić information content (AvgIpc) is 3.15. The third-order valence-corrected chi connectivity index (χ3v) is 5.55. The van der Waals surface area contributed by atoms with E-state index in [1.807, 2.05) is 17.0 Å².